The number of carbonyl (C=O) groups is 2. The van der Waals surface area contributed by atoms with Crippen LogP contribution in [0.3, 0.4) is 0 Å². The number of tetrazole rings is 1. The molecule has 1 radical (unpaired) electrons. The molecule has 213 valence electrons. The second-order valence-corrected chi connectivity index (χ2v) is 10.6. The number of nitrogens with zero attached hydrogens (tertiary/aromatic N) is 4. The average Bonchev–Trinajstić information content (AvgIpc) is 3.51. The fraction of sp³-hybridized carbons (Fsp3) is 0.143. The van der Waals surface area contributed by atoms with Crippen molar-refractivity contribution in [2.24, 2.45) is 5.73 Å². The molecule has 0 unspecified atom stereocenters. The van der Waals surface area contributed by atoms with E-state index in [9.17, 15) is 9.59 Å². The minimum absolute atomic E-state index is 0.201. The van der Waals surface area contributed by atoms with Gasteiger partial charge >= 0.3 is 0 Å². The highest BCUT2D eigenvalue weighted by atomic mass is 16.2. The molecule has 0 aliphatic rings. The number of nitrogens with two attached hydrogens (primary N) is 1. The SMILES string of the molecule is NC(=O)c1ccccc1CCn1nnnc1[C@@H](Cc1ccc2ccccc2c1)NC(=O)[CH]Cc1ccc2ccccc2c1. The normalized spacial score (nSPS) is 11.9. The minimum Gasteiger partial charge on any atom is -0.366 e. The van der Waals surface area contributed by atoms with Crippen LogP contribution in [0.2, 0.25) is 0 Å². The number of primary amides is 1. The van der Waals surface area contributed by atoms with E-state index in [1.165, 1.54) is 0 Å². The molecule has 0 saturated carbocycles. The summed E-state index contributed by atoms with van der Waals surface area (Å²) in [4.78, 5) is 25.2. The van der Waals surface area contributed by atoms with Gasteiger partial charge < -0.3 is 11.1 Å². The van der Waals surface area contributed by atoms with Gasteiger partial charge in [0.2, 0.25) is 11.8 Å². The van der Waals surface area contributed by atoms with E-state index < -0.39 is 11.9 Å². The fourth-order valence-electron chi connectivity index (χ4n) is 5.44. The number of amides is 2. The van der Waals surface area contributed by atoms with Gasteiger partial charge in [-0.25, -0.2) is 4.68 Å². The smallest absolute Gasteiger partial charge is 0.248 e. The van der Waals surface area contributed by atoms with Crippen LogP contribution in [0.5, 0.6) is 0 Å². The molecular formula is C35H31N6O2. The van der Waals surface area contributed by atoms with Crippen molar-refractivity contribution >= 4 is 33.4 Å². The lowest BCUT2D eigenvalue weighted by Gasteiger charge is -2.19. The highest BCUT2D eigenvalue weighted by Gasteiger charge is 2.23. The summed E-state index contributed by atoms with van der Waals surface area (Å²) in [7, 11) is 0. The average molecular weight is 568 g/mol. The summed E-state index contributed by atoms with van der Waals surface area (Å²) in [5.41, 5.74) is 8.97. The lowest BCUT2D eigenvalue weighted by molar-refractivity contribution is -0.118. The molecule has 43 heavy (non-hydrogen) atoms. The third-order valence-corrected chi connectivity index (χ3v) is 7.65. The number of aryl methyl sites for hydroxylation is 2. The Balaban J connectivity index is 1.22. The second-order valence-electron chi connectivity index (χ2n) is 10.6. The van der Waals surface area contributed by atoms with Crippen LogP contribution in [0.4, 0.5) is 0 Å². The molecule has 2 amide bonds. The number of carbonyl (C=O) groups excluding carboxylic acids is 2. The van der Waals surface area contributed by atoms with Gasteiger partial charge in [-0.05, 0) is 67.6 Å². The van der Waals surface area contributed by atoms with Gasteiger partial charge in [-0.2, -0.15) is 0 Å². The highest BCUT2D eigenvalue weighted by molar-refractivity contribution is 5.94. The van der Waals surface area contributed by atoms with Gasteiger partial charge in [0.15, 0.2) is 5.82 Å². The zero-order chi connectivity index (χ0) is 29.6. The lowest BCUT2D eigenvalue weighted by atomic mass is 10.0. The zero-order valence-electron chi connectivity index (χ0n) is 23.6. The summed E-state index contributed by atoms with van der Waals surface area (Å²) < 4.78 is 1.69. The Kier molecular flexibility index (Phi) is 8.17. The van der Waals surface area contributed by atoms with E-state index in [2.05, 4.69) is 75.4 Å². The Bertz CT molecular complexity index is 1910. The lowest BCUT2D eigenvalue weighted by Crippen LogP contribution is -2.33. The van der Waals surface area contributed by atoms with Crippen LogP contribution in [-0.4, -0.2) is 32.0 Å². The van der Waals surface area contributed by atoms with Gasteiger partial charge in [0.05, 0.1) is 12.5 Å². The first-order chi connectivity index (χ1) is 21.0. The van der Waals surface area contributed by atoms with Crippen molar-refractivity contribution in [1.82, 2.24) is 25.5 Å². The molecule has 5 aromatic carbocycles. The Morgan fingerprint density at radius 3 is 2.14 bits per heavy atom. The van der Waals surface area contributed by atoms with E-state index >= 15 is 0 Å². The predicted molar refractivity (Wildman–Crippen MR) is 167 cm³/mol. The first kappa shape index (κ1) is 27.8. The maximum atomic E-state index is 13.3. The maximum Gasteiger partial charge on any atom is 0.248 e. The fourth-order valence-corrected chi connectivity index (χ4v) is 5.44. The van der Waals surface area contributed by atoms with Crippen LogP contribution in [0.25, 0.3) is 21.5 Å². The molecule has 6 rings (SSSR count). The molecule has 0 aliphatic heterocycles. The van der Waals surface area contributed by atoms with Crippen molar-refractivity contribution in [3.8, 4) is 0 Å². The molecule has 3 N–H and O–H groups in total. The number of nitrogens with one attached hydrogen (secondary N) is 1. The molecule has 0 spiro atoms. The van der Waals surface area contributed by atoms with Gasteiger partial charge in [-0.15, -0.1) is 5.10 Å². The second kappa shape index (κ2) is 12.7. The van der Waals surface area contributed by atoms with Crippen LogP contribution in [0.1, 0.15) is 38.9 Å². The van der Waals surface area contributed by atoms with Gasteiger partial charge in [0, 0.05) is 18.5 Å². The monoisotopic (exact) mass is 567 g/mol. The van der Waals surface area contributed by atoms with E-state index in [1.807, 2.05) is 42.5 Å². The molecule has 0 bridgehead atoms. The Morgan fingerprint density at radius 1 is 0.791 bits per heavy atom. The first-order valence-electron chi connectivity index (χ1n) is 14.3. The van der Waals surface area contributed by atoms with E-state index in [1.54, 1.807) is 23.2 Å². The Labute approximate surface area is 249 Å². The topological polar surface area (TPSA) is 116 Å². The molecule has 1 aromatic heterocycles. The third-order valence-electron chi connectivity index (χ3n) is 7.65. The highest BCUT2D eigenvalue weighted by Crippen LogP contribution is 2.22. The maximum absolute atomic E-state index is 13.3. The van der Waals surface area contributed by atoms with Crippen molar-refractivity contribution in [2.75, 3.05) is 0 Å². The van der Waals surface area contributed by atoms with E-state index in [-0.39, 0.29) is 5.91 Å². The Hall–Kier alpha value is -5.37. The quantitative estimate of drug-likeness (QED) is 0.224. The van der Waals surface area contributed by atoms with Gasteiger partial charge in [-0.1, -0.05) is 103 Å². The molecule has 6 aromatic rings. The number of benzene rings is 5. The zero-order valence-corrected chi connectivity index (χ0v) is 23.6. The number of aromatic nitrogens is 4. The molecule has 1 atom stereocenters. The summed E-state index contributed by atoms with van der Waals surface area (Å²) in [6.45, 7) is 0.414. The summed E-state index contributed by atoms with van der Waals surface area (Å²) in [6, 6.07) is 35.6. The van der Waals surface area contributed by atoms with Crippen LogP contribution in [0.15, 0.2) is 109 Å². The van der Waals surface area contributed by atoms with Crippen molar-refractivity contribution in [1.29, 1.82) is 0 Å². The molecule has 0 fully saturated rings. The summed E-state index contributed by atoms with van der Waals surface area (Å²) in [5, 5.41) is 20.2. The van der Waals surface area contributed by atoms with Crippen LogP contribution in [0, 0.1) is 6.42 Å². The molecule has 8 heteroatoms. The number of hydrogen-bond acceptors (Lipinski definition) is 5. The minimum atomic E-state index is -0.483. The molecule has 1 heterocycles. The number of hydrogen-bond donors (Lipinski definition) is 2. The van der Waals surface area contributed by atoms with Crippen molar-refractivity contribution in [2.45, 2.75) is 31.8 Å². The summed E-state index contributed by atoms with van der Waals surface area (Å²) in [5.74, 6) is -0.138. The van der Waals surface area contributed by atoms with Gasteiger partial charge in [-0.3, -0.25) is 9.59 Å². The van der Waals surface area contributed by atoms with Gasteiger partial charge in [0.1, 0.15) is 0 Å². The van der Waals surface area contributed by atoms with E-state index in [0.29, 0.717) is 37.2 Å². The number of rotatable bonds is 11. The van der Waals surface area contributed by atoms with Crippen LogP contribution < -0.4 is 11.1 Å². The first-order valence-corrected chi connectivity index (χ1v) is 14.3. The van der Waals surface area contributed by atoms with Gasteiger partial charge in [0.25, 0.3) is 0 Å². The molecular weight excluding hydrogens is 536 g/mol. The molecule has 0 saturated heterocycles. The standard InChI is InChI=1S/C35H31N6O2/c36-34(43)31-12-6-5-9-28(31)19-20-41-35(38-39-40-41)32(23-25-14-17-27-8-2-4-11-30(27)22-25)37-33(42)18-15-24-13-16-26-7-1-3-10-29(26)21-24/h1-14,16-18,21-22,32H,15,19-20,23H2,(H2,36,43)(H,37,42)/t32-/m1/s1. The molecule has 8 nitrogen and oxygen atoms in total. The van der Waals surface area contributed by atoms with Crippen molar-refractivity contribution in [3.05, 3.63) is 144 Å². The predicted octanol–water partition coefficient (Wildman–Crippen LogP) is 5.17. The van der Waals surface area contributed by atoms with Crippen LogP contribution in [-0.2, 0) is 30.6 Å². The van der Waals surface area contributed by atoms with Crippen molar-refractivity contribution in [3.63, 3.8) is 0 Å². The summed E-state index contributed by atoms with van der Waals surface area (Å²) in [6.07, 6.45) is 3.16. The van der Waals surface area contributed by atoms with E-state index in [0.717, 1.165) is 38.2 Å². The largest absolute Gasteiger partial charge is 0.366 e. The van der Waals surface area contributed by atoms with Crippen molar-refractivity contribution < 1.29 is 9.59 Å². The van der Waals surface area contributed by atoms with E-state index in [4.69, 9.17) is 5.73 Å². The third kappa shape index (κ3) is 6.59. The number of fused-ring (bicyclic) bond motifs is 2. The summed E-state index contributed by atoms with van der Waals surface area (Å²) >= 11 is 0. The molecule has 0 aliphatic carbocycles. The van der Waals surface area contributed by atoms with Crippen LogP contribution >= 0.6 is 0 Å². The Morgan fingerprint density at radius 2 is 1.42 bits per heavy atom.